The summed E-state index contributed by atoms with van der Waals surface area (Å²) in [6.45, 7) is 3.24. The molecule has 0 fully saturated rings. The zero-order chi connectivity index (χ0) is 13.8. The number of carbonyl (C=O) groups excluding carboxylic acids is 1. The van der Waals surface area contributed by atoms with Gasteiger partial charge in [0.15, 0.2) is 5.96 Å². The fraction of sp³-hybridized carbons (Fsp3) is 0.833. The molecule has 5 nitrogen and oxygen atoms in total. The third-order valence-electron chi connectivity index (χ3n) is 2.47. The molecule has 0 radical (unpaired) electrons. The predicted molar refractivity (Wildman–Crippen MR) is 93.6 cm³/mol. The lowest BCUT2D eigenvalue weighted by atomic mass is 10.2. The Balaban J connectivity index is 0. The zero-order valence-electron chi connectivity index (χ0n) is 12.2. The summed E-state index contributed by atoms with van der Waals surface area (Å²) in [6.07, 6.45) is 4.43. The average Bonchev–Trinajstić information content (AvgIpc) is 2.40. The van der Waals surface area contributed by atoms with Crippen molar-refractivity contribution in [2.45, 2.75) is 19.8 Å². The fourth-order valence-electron chi connectivity index (χ4n) is 1.33. The standard InChI is InChI=1S/C12H25N3O2S.HI/c1-10(11(16)17-3)9-15-12(13-2)14-7-5-6-8-18-4;/h10H,5-9H2,1-4H3,(H2,13,14,15);1H. The summed E-state index contributed by atoms with van der Waals surface area (Å²) >= 11 is 1.86. The van der Waals surface area contributed by atoms with E-state index >= 15 is 0 Å². The highest BCUT2D eigenvalue weighted by Crippen LogP contribution is 1.98. The summed E-state index contributed by atoms with van der Waals surface area (Å²) in [5.74, 6) is 1.53. The first-order valence-corrected chi connectivity index (χ1v) is 7.56. The van der Waals surface area contributed by atoms with Crippen molar-refractivity contribution in [2.24, 2.45) is 10.9 Å². The van der Waals surface area contributed by atoms with E-state index in [1.165, 1.54) is 19.3 Å². The molecule has 0 saturated heterocycles. The third-order valence-corrected chi connectivity index (χ3v) is 3.17. The topological polar surface area (TPSA) is 62.7 Å². The molecule has 0 rings (SSSR count). The van der Waals surface area contributed by atoms with Gasteiger partial charge in [0.1, 0.15) is 0 Å². The number of nitrogens with zero attached hydrogens (tertiary/aromatic N) is 1. The maximum atomic E-state index is 11.2. The Morgan fingerprint density at radius 1 is 1.37 bits per heavy atom. The molecule has 0 spiro atoms. The van der Waals surface area contributed by atoms with Crippen LogP contribution in [0.4, 0.5) is 0 Å². The number of ether oxygens (including phenoxy) is 1. The van der Waals surface area contributed by atoms with Gasteiger partial charge in [-0.2, -0.15) is 11.8 Å². The number of halogens is 1. The molecule has 0 aromatic rings. The number of unbranched alkanes of at least 4 members (excludes halogenated alkanes) is 1. The Kier molecular flexibility index (Phi) is 15.8. The van der Waals surface area contributed by atoms with Crippen molar-refractivity contribution in [1.29, 1.82) is 0 Å². The summed E-state index contributed by atoms with van der Waals surface area (Å²) in [5, 5.41) is 6.33. The van der Waals surface area contributed by atoms with E-state index in [0.717, 1.165) is 18.9 Å². The maximum Gasteiger partial charge on any atom is 0.310 e. The number of aliphatic imine (C=N–C) groups is 1. The van der Waals surface area contributed by atoms with Crippen molar-refractivity contribution in [3.05, 3.63) is 0 Å². The number of thioether (sulfide) groups is 1. The van der Waals surface area contributed by atoms with E-state index in [1.54, 1.807) is 7.05 Å². The first-order valence-electron chi connectivity index (χ1n) is 6.17. The van der Waals surface area contributed by atoms with Gasteiger partial charge in [0, 0.05) is 20.1 Å². The summed E-state index contributed by atoms with van der Waals surface area (Å²) in [5.41, 5.74) is 0. The second kappa shape index (κ2) is 14.2. The van der Waals surface area contributed by atoms with E-state index in [2.05, 4.69) is 26.6 Å². The van der Waals surface area contributed by atoms with Crippen molar-refractivity contribution >= 4 is 47.7 Å². The van der Waals surface area contributed by atoms with E-state index in [1.807, 2.05) is 18.7 Å². The molecule has 114 valence electrons. The van der Waals surface area contributed by atoms with Crippen LogP contribution in [0.1, 0.15) is 19.8 Å². The minimum absolute atomic E-state index is 0. The second-order valence-corrected chi connectivity index (χ2v) is 4.99. The molecule has 0 aliphatic heterocycles. The third kappa shape index (κ3) is 11.4. The normalized spacial score (nSPS) is 12.3. The van der Waals surface area contributed by atoms with Crippen LogP contribution in [0.3, 0.4) is 0 Å². The van der Waals surface area contributed by atoms with Crippen LogP contribution >= 0.6 is 35.7 Å². The van der Waals surface area contributed by atoms with Crippen LogP contribution in [0.15, 0.2) is 4.99 Å². The zero-order valence-corrected chi connectivity index (χ0v) is 15.3. The number of hydrogen-bond acceptors (Lipinski definition) is 4. The lowest BCUT2D eigenvalue weighted by molar-refractivity contribution is -0.144. The lowest BCUT2D eigenvalue weighted by Crippen LogP contribution is -2.41. The number of carbonyl (C=O) groups is 1. The molecule has 0 aromatic carbocycles. The van der Waals surface area contributed by atoms with Crippen molar-refractivity contribution in [3.63, 3.8) is 0 Å². The first-order chi connectivity index (χ1) is 8.65. The molecule has 1 unspecified atom stereocenters. The number of nitrogens with one attached hydrogen (secondary N) is 2. The van der Waals surface area contributed by atoms with Crippen LogP contribution in [0.5, 0.6) is 0 Å². The van der Waals surface area contributed by atoms with Crippen molar-refractivity contribution in [1.82, 2.24) is 10.6 Å². The van der Waals surface area contributed by atoms with Gasteiger partial charge in [0.05, 0.1) is 13.0 Å². The van der Waals surface area contributed by atoms with Gasteiger partial charge in [-0.1, -0.05) is 6.92 Å². The smallest absolute Gasteiger partial charge is 0.310 e. The van der Waals surface area contributed by atoms with E-state index < -0.39 is 0 Å². The Hall–Kier alpha value is -0.180. The highest BCUT2D eigenvalue weighted by atomic mass is 127. The Morgan fingerprint density at radius 3 is 2.58 bits per heavy atom. The summed E-state index contributed by atoms with van der Waals surface area (Å²) in [6, 6.07) is 0. The first kappa shape index (κ1) is 21.1. The SMILES string of the molecule is CN=C(NCCCCSC)NCC(C)C(=O)OC.I. The molecule has 0 saturated carbocycles. The van der Waals surface area contributed by atoms with Crippen LogP contribution < -0.4 is 10.6 Å². The Bertz CT molecular complexity index is 265. The molecule has 2 N–H and O–H groups in total. The molecule has 19 heavy (non-hydrogen) atoms. The number of guanidine groups is 1. The molecule has 0 aliphatic carbocycles. The van der Waals surface area contributed by atoms with Gasteiger partial charge in [-0.05, 0) is 24.9 Å². The van der Waals surface area contributed by atoms with E-state index in [9.17, 15) is 4.79 Å². The molecule has 0 aromatic heterocycles. The number of methoxy groups -OCH3 is 1. The fourth-order valence-corrected chi connectivity index (χ4v) is 1.83. The maximum absolute atomic E-state index is 11.2. The molecule has 0 bridgehead atoms. The molecule has 7 heteroatoms. The van der Waals surface area contributed by atoms with Gasteiger partial charge < -0.3 is 15.4 Å². The Morgan fingerprint density at radius 2 is 2.05 bits per heavy atom. The summed E-state index contributed by atoms with van der Waals surface area (Å²) in [4.78, 5) is 15.3. The van der Waals surface area contributed by atoms with Gasteiger partial charge in [0.25, 0.3) is 0 Å². The summed E-state index contributed by atoms with van der Waals surface area (Å²) in [7, 11) is 3.12. The summed E-state index contributed by atoms with van der Waals surface area (Å²) < 4.78 is 4.66. The van der Waals surface area contributed by atoms with Crippen LogP contribution in [0.25, 0.3) is 0 Å². The quantitative estimate of drug-likeness (QED) is 0.213. The molecule has 1 atom stereocenters. The van der Waals surface area contributed by atoms with Crippen molar-refractivity contribution in [2.75, 3.05) is 39.3 Å². The van der Waals surface area contributed by atoms with Crippen LogP contribution in [0, 0.1) is 5.92 Å². The van der Waals surface area contributed by atoms with E-state index in [0.29, 0.717) is 6.54 Å². The van der Waals surface area contributed by atoms with Gasteiger partial charge in [-0.15, -0.1) is 24.0 Å². The number of rotatable bonds is 8. The molecule has 0 amide bonds. The highest BCUT2D eigenvalue weighted by Gasteiger charge is 2.12. The van der Waals surface area contributed by atoms with Gasteiger partial charge in [-0.25, -0.2) is 0 Å². The van der Waals surface area contributed by atoms with Crippen LogP contribution in [-0.4, -0.2) is 51.2 Å². The predicted octanol–water partition coefficient (Wildman–Crippen LogP) is 1.72. The van der Waals surface area contributed by atoms with Crippen molar-refractivity contribution in [3.8, 4) is 0 Å². The van der Waals surface area contributed by atoms with E-state index in [4.69, 9.17) is 0 Å². The van der Waals surface area contributed by atoms with Gasteiger partial charge in [-0.3, -0.25) is 9.79 Å². The van der Waals surface area contributed by atoms with Gasteiger partial charge in [0.2, 0.25) is 0 Å². The van der Waals surface area contributed by atoms with Crippen molar-refractivity contribution < 1.29 is 9.53 Å². The monoisotopic (exact) mass is 403 g/mol. The minimum Gasteiger partial charge on any atom is -0.469 e. The number of esters is 1. The lowest BCUT2D eigenvalue weighted by Gasteiger charge is -2.14. The molecule has 0 aliphatic rings. The molecular formula is C12H26IN3O2S. The Labute approximate surface area is 137 Å². The molecule has 0 heterocycles. The highest BCUT2D eigenvalue weighted by molar-refractivity contribution is 14.0. The minimum atomic E-state index is -0.210. The van der Waals surface area contributed by atoms with Crippen LogP contribution in [0.2, 0.25) is 0 Å². The largest absolute Gasteiger partial charge is 0.469 e. The molecular weight excluding hydrogens is 377 g/mol. The number of hydrogen-bond donors (Lipinski definition) is 2. The van der Waals surface area contributed by atoms with Gasteiger partial charge >= 0.3 is 5.97 Å². The van der Waals surface area contributed by atoms with E-state index in [-0.39, 0.29) is 35.9 Å². The second-order valence-electron chi connectivity index (χ2n) is 4.00. The van der Waals surface area contributed by atoms with Crippen LogP contribution in [-0.2, 0) is 9.53 Å². The average molecular weight is 403 g/mol.